The maximum absolute atomic E-state index is 11.4. The van der Waals surface area contributed by atoms with Crippen molar-refractivity contribution in [2.45, 2.75) is 18.7 Å². The minimum Gasteiger partial charge on any atom is -0.389 e. The molecule has 0 aliphatic carbocycles. The van der Waals surface area contributed by atoms with Crippen molar-refractivity contribution in [3.63, 3.8) is 0 Å². The van der Waals surface area contributed by atoms with Crippen LogP contribution in [-0.2, 0) is 11.3 Å². The maximum atomic E-state index is 11.4. The molecule has 0 aromatic heterocycles. The van der Waals surface area contributed by atoms with Crippen LogP contribution in [0, 0.1) is 0 Å². The summed E-state index contributed by atoms with van der Waals surface area (Å²) in [5, 5.41) is 12.4. The first-order valence-corrected chi connectivity index (χ1v) is 6.39. The van der Waals surface area contributed by atoms with E-state index < -0.39 is 6.10 Å². The summed E-state index contributed by atoms with van der Waals surface area (Å²) in [5.74, 6) is -0.0838. The second-order valence-electron chi connectivity index (χ2n) is 4.86. The summed E-state index contributed by atoms with van der Waals surface area (Å²) in [6.07, 6.45) is -0.421. The van der Waals surface area contributed by atoms with Crippen molar-refractivity contribution in [1.82, 2.24) is 10.2 Å². The fourth-order valence-corrected chi connectivity index (χ4v) is 2.26. The molecule has 1 saturated heterocycles. The van der Waals surface area contributed by atoms with Crippen LogP contribution < -0.4 is 5.32 Å². The zero-order valence-corrected chi connectivity index (χ0v) is 11.3. The van der Waals surface area contributed by atoms with E-state index in [9.17, 15) is 9.90 Å². The molecule has 1 aliphatic heterocycles. The number of carbonyl (C=O) groups excluding carboxylic acids is 1. The van der Waals surface area contributed by atoms with Crippen molar-refractivity contribution in [2.75, 3.05) is 27.3 Å². The van der Waals surface area contributed by atoms with Crippen LogP contribution in [0.1, 0.15) is 15.9 Å². The Balaban J connectivity index is 1.97. The normalized spacial score (nSPS) is 22.7. The average molecular weight is 264 g/mol. The molecule has 1 aromatic carbocycles. The molecule has 2 rings (SSSR count). The summed E-state index contributed by atoms with van der Waals surface area (Å²) >= 11 is 0. The van der Waals surface area contributed by atoms with E-state index in [4.69, 9.17) is 4.74 Å². The molecule has 0 saturated carbocycles. The van der Waals surface area contributed by atoms with Gasteiger partial charge in [-0.05, 0) is 24.7 Å². The number of amides is 1. The number of nitrogens with zero attached hydrogens (tertiary/aromatic N) is 1. The van der Waals surface area contributed by atoms with Crippen LogP contribution in [0.15, 0.2) is 24.3 Å². The standard InChI is InChI=1S/C14H20N2O3/c1-15-14(18)11-5-3-10(4-6-11)7-16(2)12-8-19-9-13(12)17/h3-6,12-13,17H,7-9H2,1-2H3,(H,15,18)/t12-,13-/m1/s1. The number of hydrogen-bond donors (Lipinski definition) is 2. The van der Waals surface area contributed by atoms with Crippen LogP contribution >= 0.6 is 0 Å². The first-order valence-electron chi connectivity index (χ1n) is 6.39. The summed E-state index contributed by atoms with van der Waals surface area (Å²) in [6.45, 7) is 1.69. The lowest BCUT2D eigenvalue weighted by Gasteiger charge is -2.25. The Kier molecular flexibility index (Phi) is 4.52. The molecule has 1 heterocycles. The van der Waals surface area contributed by atoms with Gasteiger partial charge in [-0.3, -0.25) is 9.69 Å². The number of nitrogens with one attached hydrogen (secondary N) is 1. The lowest BCUT2D eigenvalue weighted by molar-refractivity contribution is 0.0925. The van der Waals surface area contributed by atoms with Crippen LogP contribution in [0.25, 0.3) is 0 Å². The molecule has 5 nitrogen and oxygen atoms in total. The second kappa shape index (κ2) is 6.14. The fraction of sp³-hybridized carbons (Fsp3) is 0.500. The van der Waals surface area contributed by atoms with Crippen LogP contribution in [0.4, 0.5) is 0 Å². The quantitative estimate of drug-likeness (QED) is 0.817. The number of aliphatic hydroxyl groups excluding tert-OH is 1. The van der Waals surface area contributed by atoms with Gasteiger partial charge < -0.3 is 15.2 Å². The molecular weight excluding hydrogens is 244 g/mol. The molecule has 0 spiro atoms. The Labute approximate surface area is 113 Å². The Bertz CT molecular complexity index is 433. The Hall–Kier alpha value is -1.43. The van der Waals surface area contributed by atoms with Crippen molar-refractivity contribution in [1.29, 1.82) is 0 Å². The Morgan fingerprint density at radius 2 is 2.11 bits per heavy atom. The summed E-state index contributed by atoms with van der Waals surface area (Å²) < 4.78 is 5.25. The van der Waals surface area contributed by atoms with Crippen LogP contribution in [0.5, 0.6) is 0 Å². The smallest absolute Gasteiger partial charge is 0.251 e. The molecule has 1 fully saturated rings. The highest BCUT2D eigenvalue weighted by Gasteiger charge is 2.29. The monoisotopic (exact) mass is 264 g/mol. The van der Waals surface area contributed by atoms with E-state index in [1.165, 1.54) is 0 Å². The summed E-state index contributed by atoms with van der Waals surface area (Å²) in [5.41, 5.74) is 1.76. The molecule has 104 valence electrons. The molecule has 1 aliphatic rings. The van der Waals surface area contributed by atoms with Crippen molar-refractivity contribution in [2.24, 2.45) is 0 Å². The molecule has 2 atom stereocenters. The third kappa shape index (κ3) is 3.32. The number of rotatable bonds is 4. The predicted octanol–water partition coefficient (Wildman–Crippen LogP) is 0.238. The van der Waals surface area contributed by atoms with E-state index >= 15 is 0 Å². The van der Waals surface area contributed by atoms with Gasteiger partial charge in [0.25, 0.3) is 5.91 Å². The first kappa shape index (κ1) is 14.0. The number of ether oxygens (including phenoxy) is 1. The number of aliphatic hydroxyl groups is 1. The first-order chi connectivity index (χ1) is 9.11. The van der Waals surface area contributed by atoms with Gasteiger partial charge in [-0.25, -0.2) is 0 Å². The zero-order valence-electron chi connectivity index (χ0n) is 11.3. The van der Waals surface area contributed by atoms with Gasteiger partial charge in [0.2, 0.25) is 0 Å². The molecule has 1 aromatic rings. The Morgan fingerprint density at radius 3 is 2.63 bits per heavy atom. The van der Waals surface area contributed by atoms with Gasteiger partial charge in [-0.15, -0.1) is 0 Å². The highest BCUT2D eigenvalue weighted by Crippen LogP contribution is 2.15. The molecular formula is C14H20N2O3. The van der Waals surface area contributed by atoms with Gasteiger partial charge in [0.1, 0.15) is 0 Å². The van der Waals surface area contributed by atoms with Gasteiger partial charge in [0.15, 0.2) is 0 Å². The predicted molar refractivity (Wildman–Crippen MR) is 71.9 cm³/mol. The lowest BCUT2D eigenvalue weighted by atomic mass is 10.1. The average Bonchev–Trinajstić information content (AvgIpc) is 2.85. The van der Waals surface area contributed by atoms with E-state index in [2.05, 4.69) is 10.2 Å². The van der Waals surface area contributed by atoms with Crippen molar-refractivity contribution in [3.05, 3.63) is 35.4 Å². The third-order valence-corrected chi connectivity index (χ3v) is 3.46. The maximum Gasteiger partial charge on any atom is 0.251 e. The molecule has 5 heteroatoms. The highest BCUT2D eigenvalue weighted by molar-refractivity contribution is 5.93. The van der Waals surface area contributed by atoms with Crippen molar-refractivity contribution < 1.29 is 14.6 Å². The number of likely N-dealkylation sites (N-methyl/N-ethyl adjacent to an activating group) is 1. The molecule has 0 radical (unpaired) electrons. The molecule has 1 amide bonds. The van der Waals surface area contributed by atoms with E-state index in [0.29, 0.717) is 18.8 Å². The molecule has 0 unspecified atom stereocenters. The summed E-state index contributed by atoms with van der Waals surface area (Å²) in [6, 6.07) is 7.53. The Morgan fingerprint density at radius 1 is 1.42 bits per heavy atom. The fourth-order valence-electron chi connectivity index (χ4n) is 2.26. The SMILES string of the molecule is CNC(=O)c1ccc(CN(C)[C@@H]2COC[C@H]2O)cc1. The zero-order chi connectivity index (χ0) is 13.8. The second-order valence-corrected chi connectivity index (χ2v) is 4.86. The van der Waals surface area contributed by atoms with Gasteiger partial charge in [0.05, 0.1) is 25.4 Å². The van der Waals surface area contributed by atoms with Crippen LogP contribution in [0.2, 0.25) is 0 Å². The molecule has 2 N–H and O–H groups in total. The van der Waals surface area contributed by atoms with Gasteiger partial charge in [-0.1, -0.05) is 12.1 Å². The van der Waals surface area contributed by atoms with Crippen LogP contribution in [-0.4, -0.2) is 55.4 Å². The van der Waals surface area contributed by atoms with E-state index in [1.807, 2.05) is 31.3 Å². The number of hydrogen-bond acceptors (Lipinski definition) is 4. The van der Waals surface area contributed by atoms with Gasteiger partial charge >= 0.3 is 0 Å². The van der Waals surface area contributed by atoms with E-state index in [1.54, 1.807) is 7.05 Å². The summed E-state index contributed by atoms with van der Waals surface area (Å²) in [4.78, 5) is 13.5. The largest absolute Gasteiger partial charge is 0.389 e. The minimum atomic E-state index is -0.421. The lowest BCUT2D eigenvalue weighted by Crippen LogP contribution is -2.39. The topological polar surface area (TPSA) is 61.8 Å². The van der Waals surface area contributed by atoms with E-state index in [-0.39, 0.29) is 11.9 Å². The summed E-state index contributed by atoms with van der Waals surface area (Å²) in [7, 11) is 3.58. The van der Waals surface area contributed by atoms with Crippen LogP contribution in [0.3, 0.4) is 0 Å². The number of benzene rings is 1. The molecule has 0 bridgehead atoms. The number of carbonyl (C=O) groups is 1. The molecule has 19 heavy (non-hydrogen) atoms. The van der Waals surface area contributed by atoms with Gasteiger partial charge in [-0.2, -0.15) is 0 Å². The van der Waals surface area contributed by atoms with Crippen molar-refractivity contribution >= 4 is 5.91 Å². The van der Waals surface area contributed by atoms with Crippen molar-refractivity contribution in [3.8, 4) is 0 Å². The third-order valence-electron chi connectivity index (χ3n) is 3.46. The highest BCUT2D eigenvalue weighted by atomic mass is 16.5. The minimum absolute atomic E-state index is 0.0404. The van der Waals surface area contributed by atoms with Gasteiger partial charge in [0, 0.05) is 19.2 Å². The van der Waals surface area contributed by atoms with E-state index in [0.717, 1.165) is 12.1 Å².